The SMILES string of the molecule is C=C=C(OC)c1ccc(OCC#CC2=CCCC2)cc1. The predicted octanol–water partition coefficient (Wildman–Crippen LogP) is 3.95. The summed E-state index contributed by atoms with van der Waals surface area (Å²) in [6.45, 7) is 4.00. The fourth-order valence-corrected chi connectivity index (χ4v) is 2.05. The van der Waals surface area contributed by atoms with E-state index in [2.05, 4.69) is 30.2 Å². The highest BCUT2D eigenvalue weighted by Gasteiger charge is 2.01. The van der Waals surface area contributed by atoms with Crippen LogP contribution < -0.4 is 4.74 Å². The summed E-state index contributed by atoms with van der Waals surface area (Å²) in [5, 5.41) is 0. The molecule has 0 unspecified atom stereocenters. The van der Waals surface area contributed by atoms with Gasteiger partial charge in [-0.05, 0) is 49.1 Å². The van der Waals surface area contributed by atoms with Gasteiger partial charge in [-0.15, -0.1) is 0 Å². The summed E-state index contributed by atoms with van der Waals surface area (Å²) in [5.74, 6) is 7.61. The van der Waals surface area contributed by atoms with Gasteiger partial charge in [0.25, 0.3) is 0 Å². The van der Waals surface area contributed by atoms with Crippen molar-refractivity contribution in [3.63, 3.8) is 0 Å². The molecular formula is C18H18O2. The minimum Gasteiger partial charge on any atom is -0.489 e. The van der Waals surface area contributed by atoms with E-state index in [1.807, 2.05) is 24.3 Å². The van der Waals surface area contributed by atoms with Gasteiger partial charge in [-0.2, -0.15) is 0 Å². The number of allylic oxidation sites excluding steroid dienone is 2. The molecule has 20 heavy (non-hydrogen) atoms. The van der Waals surface area contributed by atoms with Crippen molar-refractivity contribution in [1.82, 2.24) is 0 Å². The van der Waals surface area contributed by atoms with Gasteiger partial charge in [0.15, 0.2) is 5.76 Å². The second-order valence-corrected chi connectivity index (χ2v) is 4.45. The van der Waals surface area contributed by atoms with Gasteiger partial charge in [0.1, 0.15) is 12.4 Å². The topological polar surface area (TPSA) is 18.5 Å². The quantitative estimate of drug-likeness (QED) is 0.466. The zero-order chi connectivity index (χ0) is 14.2. The first kappa shape index (κ1) is 14.1. The van der Waals surface area contributed by atoms with E-state index in [1.54, 1.807) is 7.11 Å². The molecule has 0 heterocycles. The van der Waals surface area contributed by atoms with Gasteiger partial charge in [0, 0.05) is 5.56 Å². The van der Waals surface area contributed by atoms with Crippen molar-refractivity contribution in [1.29, 1.82) is 0 Å². The number of methoxy groups -OCH3 is 1. The molecule has 2 heteroatoms. The molecule has 0 spiro atoms. The number of hydrogen-bond acceptors (Lipinski definition) is 2. The summed E-state index contributed by atoms with van der Waals surface area (Å²) in [6, 6.07) is 7.61. The maximum atomic E-state index is 5.58. The lowest BCUT2D eigenvalue weighted by molar-refractivity contribution is 0.367. The molecule has 0 fully saturated rings. The Morgan fingerprint density at radius 3 is 2.70 bits per heavy atom. The van der Waals surface area contributed by atoms with E-state index in [0.717, 1.165) is 24.2 Å². The van der Waals surface area contributed by atoms with Crippen LogP contribution in [0.2, 0.25) is 0 Å². The van der Waals surface area contributed by atoms with E-state index in [1.165, 1.54) is 12.0 Å². The molecule has 102 valence electrons. The standard InChI is InChI=1S/C18H18O2/c1-3-18(19-2)16-10-12-17(13-11-16)20-14-6-9-15-7-4-5-8-15/h7,10-13H,1,4-5,8,14H2,2H3. The van der Waals surface area contributed by atoms with Crippen molar-refractivity contribution in [2.45, 2.75) is 19.3 Å². The Kier molecular flexibility index (Phi) is 5.12. The number of hydrogen-bond donors (Lipinski definition) is 0. The maximum Gasteiger partial charge on any atom is 0.168 e. The first-order valence-electron chi connectivity index (χ1n) is 6.68. The first-order chi connectivity index (χ1) is 9.83. The van der Waals surface area contributed by atoms with Crippen LogP contribution in [0.1, 0.15) is 24.8 Å². The van der Waals surface area contributed by atoms with Crippen LogP contribution in [0.25, 0.3) is 5.76 Å². The van der Waals surface area contributed by atoms with Crippen LogP contribution in [-0.4, -0.2) is 13.7 Å². The number of rotatable bonds is 4. The Labute approximate surface area is 120 Å². The van der Waals surface area contributed by atoms with E-state index in [9.17, 15) is 0 Å². The van der Waals surface area contributed by atoms with Gasteiger partial charge >= 0.3 is 0 Å². The van der Waals surface area contributed by atoms with Crippen molar-refractivity contribution in [2.24, 2.45) is 0 Å². The van der Waals surface area contributed by atoms with Gasteiger partial charge in [0.05, 0.1) is 7.11 Å². The third kappa shape index (κ3) is 3.82. The molecule has 2 nitrogen and oxygen atoms in total. The first-order valence-corrected chi connectivity index (χ1v) is 6.68. The lowest BCUT2D eigenvalue weighted by atomic mass is 10.2. The zero-order valence-corrected chi connectivity index (χ0v) is 11.7. The van der Waals surface area contributed by atoms with Crippen molar-refractivity contribution in [3.8, 4) is 17.6 Å². The summed E-state index contributed by atoms with van der Waals surface area (Å²) in [4.78, 5) is 0. The van der Waals surface area contributed by atoms with E-state index in [-0.39, 0.29) is 0 Å². The molecule has 0 saturated heterocycles. The minimum absolute atomic E-state index is 0.408. The molecule has 0 radical (unpaired) electrons. The molecule has 1 aromatic rings. The van der Waals surface area contributed by atoms with Crippen molar-refractivity contribution < 1.29 is 9.47 Å². The van der Waals surface area contributed by atoms with Crippen LogP contribution in [0.3, 0.4) is 0 Å². The molecule has 0 aliphatic heterocycles. The fourth-order valence-electron chi connectivity index (χ4n) is 2.05. The molecule has 0 amide bonds. The van der Waals surface area contributed by atoms with Crippen LogP contribution in [0.5, 0.6) is 5.75 Å². The Morgan fingerprint density at radius 1 is 1.30 bits per heavy atom. The molecule has 1 aliphatic rings. The van der Waals surface area contributed by atoms with Crippen LogP contribution in [0.15, 0.2) is 48.2 Å². The third-order valence-electron chi connectivity index (χ3n) is 3.08. The third-order valence-corrected chi connectivity index (χ3v) is 3.08. The zero-order valence-electron chi connectivity index (χ0n) is 11.7. The van der Waals surface area contributed by atoms with E-state index in [0.29, 0.717) is 12.4 Å². The monoisotopic (exact) mass is 266 g/mol. The average Bonchev–Trinajstić information content (AvgIpc) is 3.00. The van der Waals surface area contributed by atoms with E-state index in [4.69, 9.17) is 9.47 Å². The Balaban J connectivity index is 1.89. The highest BCUT2D eigenvalue weighted by molar-refractivity contribution is 5.59. The summed E-state index contributed by atoms with van der Waals surface area (Å²) < 4.78 is 10.7. The van der Waals surface area contributed by atoms with Gasteiger partial charge in [0.2, 0.25) is 0 Å². The van der Waals surface area contributed by atoms with Gasteiger partial charge in [-0.3, -0.25) is 0 Å². The van der Waals surface area contributed by atoms with Crippen LogP contribution in [0.4, 0.5) is 0 Å². The largest absolute Gasteiger partial charge is 0.489 e. The Morgan fingerprint density at radius 2 is 2.10 bits per heavy atom. The molecule has 0 N–H and O–H groups in total. The van der Waals surface area contributed by atoms with Crippen LogP contribution in [-0.2, 0) is 4.74 Å². The molecule has 0 saturated carbocycles. The minimum atomic E-state index is 0.408. The fraction of sp³-hybridized carbons (Fsp3) is 0.278. The molecule has 0 aromatic heterocycles. The molecule has 2 rings (SSSR count). The summed E-state index contributed by atoms with van der Waals surface area (Å²) in [7, 11) is 1.60. The molecular weight excluding hydrogens is 248 g/mol. The van der Waals surface area contributed by atoms with Crippen LogP contribution in [0, 0.1) is 11.8 Å². The van der Waals surface area contributed by atoms with Crippen molar-refractivity contribution in [3.05, 3.63) is 53.8 Å². The van der Waals surface area contributed by atoms with E-state index >= 15 is 0 Å². The lowest BCUT2D eigenvalue weighted by Crippen LogP contribution is -1.94. The summed E-state index contributed by atoms with van der Waals surface area (Å²) in [5.41, 5.74) is 4.91. The second kappa shape index (κ2) is 7.28. The predicted molar refractivity (Wildman–Crippen MR) is 81.2 cm³/mol. The van der Waals surface area contributed by atoms with Crippen LogP contribution >= 0.6 is 0 Å². The van der Waals surface area contributed by atoms with Crippen molar-refractivity contribution in [2.75, 3.05) is 13.7 Å². The highest BCUT2D eigenvalue weighted by Crippen LogP contribution is 2.18. The summed E-state index contributed by atoms with van der Waals surface area (Å²) >= 11 is 0. The highest BCUT2D eigenvalue weighted by atomic mass is 16.5. The smallest absolute Gasteiger partial charge is 0.168 e. The molecule has 0 bridgehead atoms. The number of benzene rings is 1. The molecule has 0 atom stereocenters. The lowest BCUT2D eigenvalue weighted by Gasteiger charge is -2.05. The van der Waals surface area contributed by atoms with E-state index < -0.39 is 0 Å². The van der Waals surface area contributed by atoms with Crippen molar-refractivity contribution >= 4 is 5.76 Å². The average molecular weight is 266 g/mol. The maximum absolute atomic E-state index is 5.58. The van der Waals surface area contributed by atoms with Gasteiger partial charge < -0.3 is 9.47 Å². The van der Waals surface area contributed by atoms with Gasteiger partial charge in [-0.25, -0.2) is 0 Å². The molecule has 1 aliphatic carbocycles. The molecule has 1 aromatic carbocycles. The Hall–Kier alpha value is -2.36. The summed E-state index contributed by atoms with van der Waals surface area (Å²) in [6.07, 6.45) is 5.70. The Bertz CT molecular complexity index is 591. The second-order valence-electron chi connectivity index (χ2n) is 4.45. The van der Waals surface area contributed by atoms with Gasteiger partial charge in [-0.1, -0.05) is 30.2 Å². The normalized spacial score (nSPS) is 12.8. The number of ether oxygens (including phenoxy) is 2.